The molecule has 1 heterocycles. The lowest BCUT2D eigenvalue weighted by Gasteiger charge is -1.83. The summed E-state index contributed by atoms with van der Waals surface area (Å²) in [5.41, 5.74) is 1.23. The fourth-order valence-electron chi connectivity index (χ4n) is 0.560. The Morgan fingerprint density at radius 3 is 2.62 bits per heavy atom. The molecule has 1 nitrogen and oxygen atoms in total. The molecular weight excluding hydrogens is 168 g/mol. The highest BCUT2D eigenvalue weighted by Gasteiger charge is 1.95. The van der Waals surface area contributed by atoms with Crippen LogP contribution >= 0.6 is 15.9 Å². The number of hydrogen-bond donors (Lipinski definition) is 0. The summed E-state index contributed by atoms with van der Waals surface area (Å²) in [6, 6.07) is 0. The van der Waals surface area contributed by atoms with Crippen molar-refractivity contribution in [1.29, 1.82) is 0 Å². The first kappa shape index (κ1) is 5.89. The van der Waals surface area contributed by atoms with Gasteiger partial charge in [0.25, 0.3) is 0 Å². The lowest BCUT2D eigenvalue weighted by atomic mass is 10.3. The Hall–Kier alpha value is -0.240. The second-order valence-corrected chi connectivity index (χ2v) is 2.45. The third-order valence-corrected chi connectivity index (χ3v) is 1.77. The quantitative estimate of drug-likeness (QED) is 0.639. The highest BCUT2D eigenvalue weighted by atomic mass is 79.9. The van der Waals surface area contributed by atoms with E-state index < -0.39 is 0 Å². The summed E-state index contributed by atoms with van der Waals surface area (Å²) in [5, 5.41) is 0. The summed E-state index contributed by atoms with van der Waals surface area (Å²) in [5.74, 6) is 0. The van der Waals surface area contributed by atoms with Crippen molar-refractivity contribution in [3.05, 3.63) is 22.6 Å². The van der Waals surface area contributed by atoms with Crippen LogP contribution in [0, 0.1) is 0 Å². The zero-order chi connectivity index (χ0) is 5.98. The predicted octanol–water partition coefficient (Wildman–Crippen LogP) is 2.60. The molecule has 0 aromatic carbocycles. The van der Waals surface area contributed by atoms with Crippen LogP contribution in [0.3, 0.4) is 0 Å². The van der Waals surface area contributed by atoms with E-state index >= 15 is 0 Å². The molecule has 0 N–H and O–H groups in total. The van der Waals surface area contributed by atoms with Crippen LogP contribution < -0.4 is 0 Å². The van der Waals surface area contributed by atoms with Crippen molar-refractivity contribution in [3.63, 3.8) is 0 Å². The Morgan fingerprint density at radius 1 is 1.62 bits per heavy atom. The average Bonchev–Trinajstić information content (AvgIpc) is 2.14. The molecule has 0 amide bonds. The van der Waals surface area contributed by atoms with Crippen LogP contribution in [0.5, 0.6) is 0 Å². The van der Waals surface area contributed by atoms with Gasteiger partial charge >= 0.3 is 0 Å². The highest BCUT2D eigenvalue weighted by Crippen LogP contribution is 2.16. The minimum atomic E-state index is 1.02. The normalized spacial score (nSPS) is 9.75. The van der Waals surface area contributed by atoms with Gasteiger partial charge in [-0.1, -0.05) is 6.92 Å². The molecule has 2 heteroatoms. The molecule has 0 saturated heterocycles. The summed E-state index contributed by atoms with van der Waals surface area (Å²) >= 11 is 3.33. The van der Waals surface area contributed by atoms with E-state index in [1.54, 1.807) is 12.5 Å². The standard InChI is InChI=1S/C6H7BrO/c1-2-5-3-8-4-6(5)7/h3-4H,2H2,1H3. The first-order chi connectivity index (χ1) is 3.84. The van der Waals surface area contributed by atoms with E-state index in [1.807, 2.05) is 0 Å². The molecule has 0 aliphatic heterocycles. The average molecular weight is 175 g/mol. The van der Waals surface area contributed by atoms with E-state index in [2.05, 4.69) is 22.9 Å². The summed E-state index contributed by atoms with van der Waals surface area (Å²) in [4.78, 5) is 0. The van der Waals surface area contributed by atoms with Gasteiger partial charge in [0.05, 0.1) is 10.7 Å². The Labute approximate surface area is 56.8 Å². The molecule has 8 heavy (non-hydrogen) atoms. The number of aryl methyl sites for hydroxylation is 1. The largest absolute Gasteiger partial charge is 0.471 e. The van der Waals surface area contributed by atoms with Crippen LogP contribution in [-0.4, -0.2) is 0 Å². The van der Waals surface area contributed by atoms with E-state index in [-0.39, 0.29) is 0 Å². The SMILES string of the molecule is CCc1cocc1Br. The second kappa shape index (κ2) is 2.35. The fraction of sp³-hybridized carbons (Fsp3) is 0.333. The first-order valence-corrected chi connectivity index (χ1v) is 3.34. The van der Waals surface area contributed by atoms with Crippen molar-refractivity contribution in [2.75, 3.05) is 0 Å². The Bertz CT molecular complexity index is 169. The maximum Gasteiger partial charge on any atom is 0.105 e. The van der Waals surface area contributed by atoms with Gasteiger partial charge in [0.1, 0.15) is 6.26 Å². The van der Waals surface area contributed by atoms with Crippen LogP contribution in [0.4, 0.5) is 0 Å². The molecule has 0 fully saturated rings. The van der Waals surface area contributed by atoms with E-state index in [0.717, 1.165) is 10.9 Å². The number of furan rings is 1. The van der Waals surface area contributed by atoms with E-state index in [1.165, 1.54) is 5.56 Å². The van der Waals surface area contributed by atoms with E-state index in [9.17, 15) is 0 Å². The lowest BCUT2D eigenvalue weighted by Crippen LogP contribution is -1.71. The number of halogens is 1. The molecule has 1 aromatic heterocycles. The maximum atomic E-state index is 4.89. The summed E-state index contributed by atoms with van der Waals surface area (Å²) < 4.78 is 5.96. The molecule has 1 aromatic rings. The van der Waals surface area contributed by atoms with Gasteiger partial charge in [0, 0.05) is 5.56 Å². The lowest BCUT2D eigenvalue weighted by molar-refractivity contribution is 0.563. The molecule has 0 aliphatic rings. The molecule has 0 bridgehead atoms. The first-order valence-electron chi connectivity index (χ1n) is 2.55. The van der Waals surface area contributed by atoms with Crippen LogP contribution in [0.15, 0.2) is 21.4 Å². The zero-order valence-electron chi connectivity index (χ0n) is 4.65. The number of hydrogen-bond acceptors (Lipinski definition) is 1. The molecule has 0 spiro atoms. The molecule has 44 valence electrons. The van der Waals surface area contributed by atoms with Gasteiger partial charge in [-0.15, -0.1) is 0 Å². The number of rotatable bonds is 1. The Kier molecular flexibility index (Phi) is 1.73. The van der Waals surface area contributed by atoms with Crippen molar-refractivity contribution in [3.8, 4) is 0 Å². The van der Waals surface area contributed by atoms with Crippen molar-refractivity contribution in [2.24, 2.45) is 0 Å². The van der Waals surface area contributed by atoms with Crippen LogP contribution in [0.25, 0.3) is 0 Å². The Morgan fingerprint density at radius 2 is 2.38 bits per heavy atom. The van der Waals surface area contributed by atoms with E-state index in [0.29, 0.717) is 0 Å². The zero-order valence-corrected chi connectivity index (χ0v) is 6.23. The second-order valence-electron chi connectivity index (χ2n) is 1.60. The van der Waals surface area contributed by atoms with Crippen molar-refractivity contribution in [1.82, 2.24) is 0 Å². The molecule has 1 rings (SSSR count). The molecule has 0 saturated carbocycles. The fourth-order valence-corrected chi connectivity index (χ4v) is 1.04. The maximum absolute atomic E-state index is 4.89. The van der Waals surface area contributed by atoms with Crippen molar-refractivity contribution in [2.45, 2.75) is 13.3 Å². The molecule has 0 aliphatic carbocycles. The van der Waals surface area contributed by atoms with Crippen LogP contribution in [0.2, 0.25) is 0 Å². The van der Waals surface area contributed by atoms with Crippen LogP contribution in [0.1, 0.15) is 12.5 Å². The van der Waals surface area contributed by atoms with Crippen LogP contribution in [-0.2, 0) is 6.42 Å². The molecular formula is C6H7BrO. The molecule has 0 unspecified atom stereocenters. The van der Waals surface area contributed by atoms with Crippen molar-refractivity contribution >= 4 is 15.9 Å². The van der Waals surface area contributed by atoms with Crippen molar-refractivity contribution < 1.29 is 4.42 Å². The minimum absolute atomic E-state index is 1.02. The van der Waals surface area contributed by atoms with Gasteiger partial charge < -0.3 is 4.42 Å². The summed E-state index contributed by atoms with van der Waals surface area (Å²) in [7, 11) is 0. The predicted molar refractivity (Wildman–Crippen MR) is 35.8 cm³/mol. The molecule has 0 radical (unpaired) electrons. The van der Waals surface area contributed by atoms with Gasteiger partial charge in [0.15, 0.2) is 0 Å². The van der Waals surface area contributed by atoms with Gasteiger partial charge in [-0.3, -0.25) is 0 Å². The Balaban J connectivity index is 2.92. The van der Waals surface area contributed by atoms with Gasteiger partial charge in [-0.25, -0.2) is 0 Å². The van der Waals surface area contributed by atoms with Gasteiger partial charge in [-0.05, 0) is 22.4 Å². The molecule has 0 atom stereocenters. The van der Waals surface area contributed by atoms with E-state index in [4.69, 9.17) is 4.42 Å². The third kappa shape index (κ3) is 0.944. The minimum Gasteiger partial charge on any atom is -0.471 e. The topological polar surface area (TPSA) is 13.1 Å². The summed E-state index contributed by atoms with van der Waals surface area (Å²) in [6.45, 7) is 2.09. The van der Waals surface area contributed by atoms with Gasteiger partial charge in [0.2, 0.25) is 0 Å². The highest BCUT2D eigenvalue weighted by molar-refractivity contribution is 9.10. The third-order valence-electron chi connectivity index (χ3n) is 1.07. The summed E-state index contributed by atoms with van der Waals surface area (Å²) in [6.07, 6.45) is 4.47. The smallest absolute Gasteiger partial charge is 0.105 e. The van der Waals surface area contributed by atoms with Gasteiger partial charge in [-0.2, -0.15) is 0 Å². The monoisotopic (exact) mass is 174 g/mol.